The summed E-state index contributed by atoms with van der Waals surface area (Å²) in [4.78, 5) is 18.0. The molecule has 24 heavy (non-hydrogen) atoms. The minimum atomic E-state index is -0.0641. The average Bonchev–Trinajstić information content (AvgIpc) is 2.89. The molecular weight excluding hydrogens is 324 g/mol. The van der Waals surface area contributed by atoms with Gasteiger partial charge in [0.25, 0.3) is 0 Å². The van der Waals surface area contributed by atoms with Crippen LogP contribution >= 0.6 is 12.2 Å². The van der Waals surface area contributed by atoms with Crippen molar-refractivity contribution in [2.75, 3.05) is 13.7 Å². The van der Waals surface area contributed by atoms with Crippen molar-refractivity contribution in [3.05, 3.63) is 60.4 Å². The van der Waals surface area contributed by atoms with Crippen molar-refractivity contribution in [1.82, 2.24) is 9.88 Å². The fourth-order valence-corrected chi connectivity index (χ4v) is 3.10. The van der Waals surface area contributed by atoms with Crippen LogP contribution in [0, 0.1) is 5.92 Å². The van der Waals surface area contributed by atoms with Crippen LogP contribution in [-0.2, 0) is 9.53 Å². The van der Waals surface area contributed by atoms with Gasteiger partial charge in [-0.3, -0.25) is 9.78 Å². The van der Waals surface area contributed by atoms with Gasteiger partial charge < -0.3 is 14.4 Å². The van der Waals surface area contributed by atoms with Crippen LogP contribution in [0.4, 0.5) is 0 Å². The minimum absolute atomic E-state index is 0.00373. The number of thiocarbonyl (C=S) groups is 1. The van der Waals surface area contributed by atoms with Crippen LogP contribution in [0.2, 0.25) is 0 Å². The Morgan fingerprint density at radius 3 is 2.79 bits per heavy atom. The summed E-state index contributed by atoms with van der Waals surface area (Å²) in [6, 6.07) is 13.0. The molecule has 1 saturated heterocycles. The lowest BCUT2D eigenvalue weighted by atomic mass is 9.96. The number of nitrogens with zero attached hydrogens (tertiary/aromatic N) is 2. The van der Waals surface area contributed by atoms with E-state index in [-0.39, 0.29) is 23.1 Å². The average molecular weight is 342 g/mol. The summed E-state index contributed by atoms with van der Waals surface area (Å²) in [5, 5.41) is 0.0631. The highest BCUT2D eigenvalue weighted by Gasteiger charge is 2.39. The molecule has 0 bridgehead atoms. The summed E-state index contributed by atoms with van der Waals surface area (Å²) >= 11 is 5.13. The van der Waals surface area contributed by atoms with Crippen molar-refractivity contribution in [3.8, 4) is 5.75 Å². The molecule has 2 aromatic rings. The summed E-state index contributed by atoms with van der Waals surface area (Å²) in [6.45, 7) is 0.321. The Morgan fingerprint density at radius 2 is 2.08 bits per heavy atom. The number of pyridine rings is 1. The van der Waals surface area contributed by atoms with Crippen molar-refractivity contribution in [2.45, 2.75) is 12.5 Å². The van der Waals surface area contributed by atoms with Gasteiger partial charge in [-0.25, -0.2) is 0 Å². The molecular formula is C18H18N2O3S. The first-order valence-electron chi connectivity index (χ1n) is 7.70. The molecule has 1 aliphatic rings. The third-order valence-corrected chi connectivity index (χ3v) is 4.28. The zero-order chi connectivity index (χ0) is 16.9. The van der Waals surface area contributed by atoms with Gasteiger partial charge in [0.15, 0.2) is 0 Å². The molecule has 0 N–H and O–H groups in total. The van der Waals surface area contributed by atoms with Crippen molar-refractivity contribution in [3.63, 3.8) is 0 Å². The SMILES string of the molecule is CN1C(=O)CC(COC(=S)Oc2ccccc2)C1c1cccnc1. The van der Waals surface area contributed by atoms with Crippen LogP contribution in [0.5, 0.6) is 5.75 Å². The second kappa shape index (κ2) is 7.40. The molecule has 2 atom stereocenters. The molecule has 5 nitrogen and oxygen atoms in total. The monoisotopic (exact) mass is 342 g/mol. The Morgan fingerprint density at radius 1 is 1.29 bits per heavy atom. The molecule has 1 amide bonds. The number of carbonyl (C=O) groups is 1. The third-order valence-electron chi connectivity index (χ3n) is 4.08. The number of hydrogen-bond acceptors (Lipinski definition) is 5. The van der Waals surface area contributed by atoms with Crippen molar-refractivity contribution >= 4 is 23.4 Å². The number of benzene rings is 1. The number of aromatic nitrogens is 1. The van der Waals surface area contributed by atoms with Gasteiger partial charge in [0.05, 0.1) is 12.6 Å². The maximum Gasteiger partial charge on any atom is 0.357 e. The lowest BCUT2D eigenvalue weighted by Crippen LogP contribution is -2.26. The topological polar surface area (TPSA) is 51.7 Å². The predicted octanol–water partition coefficient (Wildman–Crippen LogP) is 2.98. The maximum atomic E-state index is 12.1. The van der Waals surface area contributed by atoms with Gasteiger partial charge in [-0.15, -0.1) is 0 Å². The largest absolute Gasteiger partial charge is 0.456 e. The third kappa shape index (κ3) is 3.71. The first-order chi connectivity index (χ1) is 11.6. The molecule has 3 rings (SSSR count). The van der Waals surface area contributed by atoms with Gasteiger partial charge in [-0.05, 0) is 23.8 Å². The van der Waals surface area contributed by atoms with Gasteiger partial charge in [0, 0.05) is 44.0 Å². The molecule has 1 aromatic heterocycles. The van der Waals surface area contributed by atoms with E-state index in [0.717, 1.165) is 5.56 Å². The Labute approximate surface area is 146 Å². The van der Waals surface area contributed by atoms with E-state index in [1.165, 1.54) is 0 Å². The highest BCUT2D eigenvalue weighted by atomic mass is 32.1. The van der Waals surface area contributed by atoms with Crippen LogP contribution in [0.25, 0.3) is 0 Å². The Hall–Kier alpha value is -2.47. The summed E-state index contributed by atoms with van der Waals surface area (Å²) in [6.07, 6.45) is 3.92. The molecule has 124 valence electrons. The second-order valence-corrected chi connectivity index (χ2v) is 6.01. The van der Waals surface area contributed by atoms with Crippen LogP contribution < -0.4 is 4.74 Å². The predicted molar refractivity (Wildman–Crippen MR) is 93.5 cm³/mol. The first kappa shape index (κ1) is 16.4. The Kier molecular flexibility index (Phi) is 5.05. The van der Waals surface area contributed by atoms with Gasteiger partial charge in [0.2, 0.25) is 5.91 Å². The van der Waals surface area contributed by atoms with E-state index in [2.05, 4.69) is 4.98 Å². The van der Waals surface area contributed by atoms with E-state index in [9.17, 15) is 4.79 Å². The minimum Gasteiger partial charge on any atom is -0.456 e. The van der Waals surface area contributed by atoms with Crippen LogP contribution in [0.1, 0.15) is 18.0 Å². The summed E-state index contributed by atoms with van der Waals surface area (Å²) in [5.74, 6) is 0.724. The number of para-hydroxylation sites is 1. The number of ether oxygens (including phenoxy) is 2. The standard InChI is InChI=1S/C18H18N2O3S/c1-20-16(21)10-14(17(20)13-6-5-9-19-11-13)12-22-18(24)23-15-7-3-2-4-8-15/h2-9,11,14,17H,10,12H2,1H3. The van der Waals surface area contributed by atoms with Crippen LogP contribution in [0.3, 0.4) is 0 Å². The molecule has 0 saturated carbocycles. The Bertz CT molecular complexity index is 709. The van der Waals surface area contributed by atoms with E-state index in [4.69, 9.17) is 21.7 Å². The summed E-state index contributed by atoms with van der Waals surface area (Å²) in [5.41, 5.74) is 0.995. The van der Waals surface area contributed by atoms with Crippen molar-refractivity contribution < 1.29 is 14.3 Å². The van der Waals surface area contributed by atoms with E-state index < -0.39 is 0 Å². The molecule has 1 aromatic carbocycles. The number of amides is 1. The highest BCUT2D eigenvalue weighted by Crippen LogP contribution is 2.36. The van der Waals surface area contributed by atoms with Gasteiger partial charge in [-0.1, -0.05) is 24.3 Å². The fourth-order valence-electron chi connectivity index (χ4n) is 2.94. The molecule has 0 spiro atoms. The smallest absolute Gasteiger partial charge is 0.357 e. The van der Waals surface area contributed by atoms with Crippen LogP contribution in [0.15, 0.2) is 54.9 Å². The maximum absolute atomic E-state index is 12.1. The lowest BCUT2D eigenvalue weighted by molar-refractivity contribution is -0.127. The van der Waals surface area contributed by atoms with E-state index in [1.807, 2.05) is 30.3 Å². The van der Waals surface area contributed by atoms with Gasteiger partial charge >= 0.3 is 5.24 Å². The zero-order valence-electron chi connectivity index (χ0n) is 13.3. The van der Waals surface area contributed by atoms with Crippen molar-refractivity contribution in [1.29, 1.82) is 0 Å². The summed E-state index contributed by atoms with van der Waals surface area (Å²) < 4.78 is 11.1. The zero-order valence-corrected chi connectivity index (χ0v) is 14.1. The normalized spacial score (nSPS) is 20.0. The number of rotatable bonds is 4. The van der Waals surface area contributed by atoms with E-state index in [0.29, 0.717) is 18.8 Å². The second-order valence-electron chi connectivity index (χ2n) is 5.68. The van der Waals surface area contributed by atoms with E-state index >= 15 is 0 Å². The molecule has 6 heteroatoms. The molecule has 0 aliphatic carbocycles. The van der Waals surface area contributed by atoms with E-state index in [1.54, 1.807) is 36.5 Å². The number of hydrogen-bond donors (Lipinski definition) is 0. The molecule has 0 radical (unpaired) electrons. The first-order valence-corrected chi connectivity index (χ1v) is 8.11. The lowest BCUT2D eigenvalue weighted by Gasteiger charge is -2.25. The highest BCUT2D eigenvalue weighted by molar-refractivity contribution is 7.79. The number of likely N-dealkylation sites (tertiary alicyclic amines) is 1. The van der Waals surface area contributed by atoms with Crippen molar-refractivity contribution in [2.24, 2.45) is 5.92 Å². The quantitative estimate of drug-likeness (QED) is 0.800. The van der Waals surface area contributed by atoms with Gasteiger partial charge in [0.1, 0.15) is 5.75 Å². The van der Waals surface area contributed by atoms with Gasteiger partial charge in [-0.2, -0.15) is 0 Å². The van der Waals surface area contributed by atoms with Crippen LogP contribution in [-0.4, -0.2) is 34.7 Å². The number of carbonyl (C=O) groups excluding carboxylic acids is 1. The Balaban J connectivity index is 1.63. The molecule has 1 fully saturated rings. The summed E-state index contributed by atoms with van der Waals surface area (Å²) in [7, 11) is 1.80. The molecule has 1 aliphatic heterocycles. The molecule has 2 unspecified atom stereocenters. The fraction of sp³-hybridized carbons (Fsp3) is 0.278. The molecule has 2 heterocycles.